The van der Waals surface area contributed by atoms with Crippen molar-refractivity contribution in [3.8, 4) is 0 Å². The summed E-state index contributed by atoms with van der Waals surface area (Å²) in [6.45, 7) is 9.06. The Kier molecular flexibility index (Phi) is 16.9. The maximum Gasteiger partial charge on any atom is 0.160 e. The maximum absolute atomic E-state index is 10.6. The second-order valence-corrected chi connectivity index (χ2v) is 8.68. The van der Waals surface area contributed by atoms with E-state index in [-0.39, 0.29) is 0 Å². The number of nitrogens with two attached hydrogens (primary N) is 1. The molecule has 0 fully saturated rings. The lowest BCUT2D eigenvalue weighted by atomic mass is 10.2. The van der Waals surface area contributed by atoms with Crippen molar-refractivity contribution in [2.24, 2.45) is 5.73 Å². The summed E-state index contributed by atoms with van der Waals surface area (Å²) in [4.78, 5) is 4.72. The van der Waals surface area contributed by atoms with E-state index in [4.69, 9.17) is 33.7 Å². The average Bonchev–Trinajstić information content (AvgIpc) is 3.31. The molecule has 32 heavy (non-hydrogen) atoms. The van der Waals surface area contributed by atoms with Crippen molar-refractivity contribution in [2.75, 3.05) is 6.61 Å². The smallest absolute Gasteiger partial charge is 0.160 e. The Morgan fingerprint density at radius 3 is 2.28 bits per heavy atom. The van der Waals surface area contributed by atoms with Crippen LogP contribution in [0.2, 0.25) is 10.0 Å². The Morgan fingerprint density at radius 1 is 1.22 bits per heavy atom. The van der Waals surface area contributed by atoms with Gasteiger partial charge in [0, 0.05) is 32.7 Å². The van der Waals surface area contributed by atoms with Crippen LogP contribution in [-0.4, -0.2) is 50.8 Å². The SMILES string of the molecule is CC.CC.CC(O)C(CO)OC(Sc1cc(Cl)cc(Cl)c1)[C@@H](O)N/C=C(\N)c1nccs1. The zero-order valence-corrected chi connectivity index (χ0v) is 22.0. The fourth-order valence-electron chi connectivity index (χ4n) is 2.06. The predicted molar refractivity (Wildman–Crippen MR) is 136 cm³/mol. The lowest BCUT2D eigenvalue weighted by Gasteiger charge is -2.28. The zero-order chi connectivity index (χ0) is 24.7. The van der Waals surface area contributed by atoms with E-state index in [9.17, 15) is 15.3 Å². The average molecular weight is 527 g/mol. The van der Waals surface area contributed by atoms with Gasteiger partial charge in [-0.05, 0) is 25.1 Å². The molecule has 0 amide bonds. The van der Waals surface area contributed by atoms with Crippen molar-refractivity contribution in [3.63, 3.8) is 0 Å². The molecule has 6 N–H and O–H groups in total. The number of aromatic nitrogens is 1. The van der Waals surface area contributed by atoms with Crippen LogP contribution in [0.1, 0.15) is 39.6 Å². The summed E-state index contributed by atoms with van der Waals surface area (Å²) in [6.07, 6.45) is -0.0324. The van der Waals surface area contributed by atoms with Gasteiger partial charge < -0.3 is 31.1 Å². The summed E-state index contributed by atoms with van der Waals surface area (Å²) in [6, 6.07) is 4.91. The molecular weight excluding hydrogens is 493 g/mol. The summed E-state index contributed by atoms with van der Waals surface area (Å²) in [5.41, 5.74) is 5.36. The van der Waals surface area contributed by atoms with Crippen LogP contribution < -0.4 is 11.1 Å². The minimum atomic E-state index is -1.23. The molecule has 0 aliphatic heterocycles. The van der Waals surface area contributed by atoms with E-state index in [1.807, 2.05) is 27.7 Å². The highest BCUT2D eigenvalue weighted by Gasteiger charge is 2.27. The molecule has 1 heterocycles. The number of halogens is 2. The predicted octanol–water partition coefficient (Wildman–Crippen LogP) is 4.54. The van der Waals surface area contributed by atoms with E-state index < -0.39 is 30.5 Å². The van der Waals surface area contributed by atoms with Gasteiger partial charge in [0.05, 0.1) is 18.4 Å². The summed E-state index contributed by atoms with van der Waals surface area (Å²) in [5, 5.41) is 35.8. The molecule has 0 spiro atoms. The number of hydrogen-bond acceptors (Lipinski definition) is 9. The topological polar surface area (TPSA) is 121 Å². The zero-order valence-electron chi connectivity index (χ0n) is 18.8. The summed E-state index contributed by atoms with van der Waals surface area (Å²) >= 11 is 14.5. The fraction of sp³-hybridized carbons (Fsp3) is 0.476. The van der Waals surface area contributed by atoms with Crippen LogP contribution >= 0.6 is 46.3 Å². The minimum Gasteiger partial charge on any atom is -0.395 e. The second-order valence-electron chi connectivity index (χ2n) is 5.74. The molecule has 0 saturated heterocycles. The molecule has 2 aromatic rings. The van der Waals surface area contributed by atoms with Gasteiger partial charge >= 0.3 is 0 Å². The van der Waals surface area contributed by atoms with Crippen LogP contribution in [0, 0.1) is 0 Å². The van der Waals surface area contributed by atoms with E-state index in [0.717, 1.165) is 11.8 Å². The monoisotopic (exact) mass is 525 g/mol. The summed E-state index contributed by atoms with van der Waals surface area (Å²) in [5.74, 6) is 0. The number of thioether (sulfide) groups is 1. The van der Waals surface area contributed by atoms with Gasteiger partial charge in [0.25, 0.3) is 0 Å². The number of aliphatic hydroxyl groups is 3. The number of hydrogen-bond donors (Lipinski definition) is 5. The van der Waals surface area contributed by atoms with Gasteiger partial charge in [0.1, 0.15) is 11.1 Å². The fourth-order valence-corrected chi connectivity index (χ4v) is 4.35. The molecule has 1 aromatic heterocycles. The molecule has 4 atom stereocenters. The second kappa shape index (κ2) is 17.4. The Labute approximate surface area is 208 Å². The molecule has 2 rings (SSSR count). The minimum absolute atomic E-state index is 0.345. The molecule has 0 aliphatic rings. The largest absolute Gasteiger partial charge is 0.395 e. The van der Waals surface area contributed by atoms with Gasteiger partial charge in [-0.25, -0.2) is 4.98 Å². The Bertz CT molecular complexity index is 760. The Balaban J connectivity index is 0.00000227. The van der Waals surface area contributed by atoms with Gasteiger partial charge in [-0.15, -0.1) is 11.3 Å². The third kappa shape index (κ3) is 11.2. The van der Waals surface area contributed by atoms with Gasteiger partial charge in [0.15, 0.2) is 11.7 Å². The quantitative estimate of drug-likeness (QED) is 0.226. The standard InChI is InChI=1S/C17H21Cl2N3O4S2.2C2H6/c1-9(24)14(8-23)26-17(28-12-5-10(18)4-11(19)6-12)15(25)22-7-13(20)16-21-2-3-27-16;2*1-2/h2-7,9,14-15,17,22-25H,8,20H2,1H3;2*1-2H3/b13-7-;;/t9?,14?,15-,17?;;/m1../s1. The molecule has 0 radical (unpaired) electrons. The van der Waals surface area contributed by atoms with E-state index in [1.165, 1.54) is 24.5 Å². The number of benzene rings is 1. The molecule has 3 unspecified atom stereocenters. The molecule has 1 aromatic carbocycles. The highest BCUT2D eigenvalue weighted by Crippen LogP contribution is 2.32. The highest BCUT2D eigenvalue weighted by molar-refractivity contribution is 7.99. The van der Waals surface area contributed by atoms with E-state index in [2.05, 4.69) is 10.3 Å². The number of thiazole rings is 1. The molecular formula is C21H33Cl2N3O4S2. The van der Waals surface area contributed by atoms with Crippen molar-refractivity contribution in [1.29, 1.82) is 0 Å². The van der Waals surface area contributed by atoms with Crippen molar-refractivity contribution in [1.82, 2.24) is 10.3 Å². The lowest BCUT2D eigenvalue weighted by molar-refractivity contribution is -0.0978. The number of nitrogens with one attached hydrogen (secondary N) is 1. The molecule has 7 nitrogen and oxygen atoms in total. The number of rotatable bonds is 10. The molecule has 182 valence electrons. The van der Waals surface area contributed by atoms with Crippen LogP contribution in [0.3, 0.4) is 0 Å². The third-order valence-electron chi connectivity index (χ3n) is 3.46. The van der Waals surface area contributed by atoms with Crippen LogP contribution in [0.5, 0.6) is 0 Å². The van der Waals surface area contributed by atoms with Crippen LogP contribution in [0.25, 0.3) is 5.70 Å². The number of ether oxygens (including phenoxy) is 1. The van der Waals surface area contributed by atoms with Gasteiger partial charge in [0.2, 0.25) is 0 Å². The lowest BCUT2D eigenvalue weighted by Crippen LogP contribution is -2.42. The Morgan fingerprint density at radius 2 is 1.81 bits per heavy atom. The summed E-state index contributed by atoms with van der Waals surface area (Å²) < 4.78 is 5.71. The maximum atomic E-state index is 10.6. The van der Waals surface area contributed by atoms with Crippen molar-refractivity contribution >= 4 is 52.0 Å². The van der Waals surface area contributed by atoms with Crippen molar-refractivity contribution < 1.29 is 20.1 Å². The summed E-state index contributed by atoms with van der Waals surface area (Å²) in [7, 11) is 0. The van der Waals surface area contributed by atoms with Crippen molar-refractivity contribution in [2.45, 2.75) is 63.4 Å². The highest BCUT2D eigenvalue weighted by atomic mass is 35.5. The van der Waals surface area contributed by atoms with Crippen LogP contribution in [0.4, 0.5) is 0 Å². The molecule has 0 aliphatic carbocycles. The van der Waals surface area contributed by atoms with Crippen LogP contribution in [-0.2, 0) is 4.74 Å². The first-order valence-electron chi connectivity index (χ1n) is 10.2. The van der Waals surface area contributed by atoms with E-state index in [1.54, 1.807) is 29.8 Å². The molecule has 0 saturated carbocycles. The normalized spacial score (nSPS) is 14.8. The number of nitrogens with zero attached hydrogens (tertiary/aromatic N) is 1. The van der Waals surface area contributed by atoms with Gasteiger partial charge in [-0.2, -0.15) is 0 Å². The number of aliphatic hydroxyl groups excluding tert-OH is 3. The first-order chi connectivity index (χ1) is 15.3. The van der Waals surface area contributed by atoms with E-state index >= 15 is 0 Å². The third-order valence-corrected chi connectivity index (χ3v) is 5.83. The van der Waals surface area contributed by atoms with Crippen LogP contribution in [0.15, 0.2) is 40.9 Å². The van der Waals surface area contributed by atoms with Gasteiger partial charge in [-0.1, -0.05) is 62.7 Å². The first kappa shape index (κ1) is 31.0. The molecule has 11 heteroatoms. The van der Waals surface area contributed by atoms with Crippen molar-refractivity contribution in [3.05, 3.63) is 51.0 Å². The molecule has 0 bridgehead atoms. The first-order valence-corrected chi connectivity index (χ1v) is 12.7. The van der Waals surface area contributed by atoms with E-state index in [0.29, 0.717) is 25.6 Å². The van der Waals surface area contributed by atoms with Gasteiger partial charge in [-0.3, -0.25) is 0 Å². The Hall–Kier alpha value is -1.04.